The van der Waals surface area contributed by atoms with Gasteiger partial charge in [-0.05, 0) is 73.6 Å². The Bertz CT molecular complexity index is 1200. The van der Waals surface area contributed by atoms with Crippen LogP contribution in [0.4, 0.5) is 5.13 Å². The van der Waals surface area contributed by atoms with Gasteiger partial charge in [-0.2, -0.15) is 0 Å². The smallest absolute Gasteiger partial charge is 0.226 e. The lowest BCUT2D eigenvalue weighted by atomic mass is 9.90. The number of aryl methyl sites for hydroxylation is 2. The lowest BCUT2D eigenvalue weighted by Crippen LogP contribution is -2.14. The molecule has 6 nitrogen and oxygen atoms in total. The van der Waals surface area contributed by atoms with E-state index in [1.54, 1.807) is 12.1 Å². The number of amides is 1. The third-order valence-corrected chi connectivity index (χ3v) is 8.20. The molecule has 0 atom stereocenters. The molecule has 32 heavy (non-hydrogen) atoms. The molecular formula is C24H26N2O4S2. The Hall–Kier alpha value is -2.71. The molecule has 0 saturated carbocycles. The summed E-state index contributed by atoms with van der Waals surface area (Å²) in [4.78, 5) is 17.1. The van der Waals surface area contributed by atoms with Crippen molar-refractivity contribution < 1.29 is 17.9 Å². The molecule has 0 saturated heterocycles. The van der Waals surface area contributed by atoms with Crippen LogP contribution in [0.1, 0.15) is 36.8 Å². The summed E-state index contributed by atoms with van der Waals surface area (Å²) in [5.41, 5.74) is 4.73. The molecule has 8 heteroatoms. The summed E-state index contributed by atoms with van der Waals surface area (Å²) in [6, 6.07) is 12.8. The normalized spacial score (nSPS) is 13.4. The van der Waals surface area contributed by atoms with Crippen LogP contribution in [0, 0.1) is 0 Å². The molecule has 168 valence electrons. The van der Waals surface area contributed by atoms with Gasteiger partial charge in [0, 0.05) is 17.4 Å². The molecule has 1 heterocycles. The minimum Gasteiger partial charge on any atom is -0.497 e. The SMILES string of the molecule is COc1ccc(S(=O)(=O)CCCC(=O)Nc2nc(-c3ccc4c(c3)CCCC4)cs2)cc1. The molecule has 0 unspecified atom stereocenters. The number of nitrogens with zero attached hydrogens (tertiary/aromatic N) is 1. The van der Waals surface area contributed by atoms with Gasteiger partial charge < -0.3 is 10.1 Å². The van der Waals surface area contributed by atoms with Crippen molar-refractivity contribution >= 4 is 32.2 Å². The van der Waals surface area contributed by atoms with Crippen molar-refractivity contribution in [3.63, 3.8) is 0 Å². The number of hydrogen-bond donors (Lipinski definition) is 1. The van der Waals surface area contributed by atoms with Crippen molar-refractivity contribution in [2.24, 2.45) is 0 Å². The third-order valence-electron chi connectivity index (χ3n) is 5.63. The number of benzene rings is 2. The second-order valence-corrected chi connectivity index (χ2v) is 10.8. The molecule has 1 aliphatic rings. The van der Waals surface area contributed by atoms with Crippen molar-refractivity contribution in [1.82, 2.24) is 4.98 Å². The Balaban J connectivity index is 1.30. The van der Waals surface area contributed by atoms with Crippen LogP contribution in [0.2, 0.25) is 0 Å². The molecule has 0 aliphatic heterocycles. The molecular weight excluding hydrogens is 444 g/mol. The van der Waals surface area contributed by atoms with Gasteiger partial charge in [0.2, 0.25) is 5.91 Å². The van der Waals surface area contributed by atoms with Gasteiger partial charge in [-0.1, -0.05) is 12.1 Å². The lowest BCUT2D eigenvalue weighted by molar-refractivity contribution is -0.116. The van der Waals surface area contributed by atoms with Crippen molar-refractivity contribution in [3.05, 3.63) is 59.0 Å². The maximum atomic E-state index is 12.5. The highest BCUT2D eigenvalue weighted by Crippen LogP contribution is 2.29. The molecule has 2 aromatic carbocycles. The van der Waals surface area contributed by atoms with Gasteiger partial charge in [0.05, 0.1) is 23.5 Å². The number of hydrogen-bond acceptors (Lipinski definition) is 6. The Labute approximate surface area is 192 Å². The first-order valence-electron chi connectivity index (χ1n) is 10.7. The fourth-order valence-electron chi connectivity index (χ4n) is 3.86. The summed E-state index contributed by atoms with van der Waals surface area (Å²) in [5, 5.41) is 5.26. The fraction of sp³-hybridized carbons (Fsp3) is 0.333. The summed E-state index contributed by atoms with van der Waals surface area (Å²) >= 11 is 1.38. The Morgan fingerprint density at radius 1 is 1.09 bits per heavy atom. The largest absolute Gasteiger partial charge is 0.497 e. The third kappa shape index (κ3) is 5.37. The molecule has 0 radical (unpaired) electrons. The number of ether oxygens (including phenoxy) is 1. The van der Waals surface area contributed by atoms with Crippen LogP contribution >= 0.6 is 11.3 Å². The highest BCUT2D eigenvalue weighted by atomic mass is 32.2. The first-order valence-corrected chi connectivity index (χ1v) is 13.2. The number of aromatic nitrogens is 1. The quantitative estimate of drug-likeness (QED) is 0.507. The van der Waals surface area contributed by atoms with Crippen LogP contribution in [-0.2, 0) is 27.5 Å². The van der Waals surface area contributed by atoms with Crippen LogP contribution in [0.25, 0.3) is 11.3 Å². The van der Waals surface area contributed by atoms with Gasteiger partial charge in [-0.15, -0.1) is 11.3 Å². The number of thiazole rings is 1. The van der Waals surface area contributed by atoms with Gasteiger partial charge in [0.25, 0.3) is 0 Å². The van der Waals surface area contributed by atoms with E-state index in [-0.39, 0.29) is 29.4 Å². The number of carbonyl (C=O) groups is 1. The number of sulfone groups is 1. The minimum absolute atomic E-state index is 0.0923. The zero-order valence-corrected chi connectivity index (χ0v) is 19.6. The summed E-state index contributed by atoms with van der Waals surface area (Å²) in [7, 11) is -1.91. The van der Waals surface area contributed by atoms with Gasteiger partial charge in [0.1, 0.15) is 5.75 Å². The Morgan fingerprint density at radius 3 is 2.59 bits per heavy atom. The first-order chi connectivity index (χ1) is 15.4. The van der Waals surface area contributed by atoms with Gasteiger partial charge in [0.15, 0.2) is 15.0 Å². The number of anilines is 1. The summed E-state index contributed by atoms with van der Waals surface area (Å²) < 4.78 is 30.0. The zero-order valence-electron chi connectivity index (χ0n) is 18.0. The Kier molecular flexibility index (Phi) is 6.91. The van der Waals surface area contributed by atoms with E-state index in [2.05, 4.69) is 28.5 Å². The predicted octanol–water partition coefficient (Wildman–Crippen LogP) is 4.89. The summed E-state index contributed by atoms with van der Waals surface area (Å²) in [6.07, 6.45) is 5.08. The van der Waals surface area contributed by atoms with E-state index >= 15 is 0 Å². The summed E-state index contributed by atoms with van der Waals surface area (Å²) in [6.45, 7) is 0. The standard InChI is InChI=1S/C24H26N2O4S2/c1-30-20-10-12-21(13-11-20)32(28,29)14-4-7-23(27)26-24-25-22(16-31-24)19-9-8-17-5-2-3-6-18(17)15-19/h8-13,15-16H,2-7,14H2,1H3,(H,25,26,27). The molecule has 0 fully saturated rings. The number of rotatable bonds is 8. The molecule has 1 amide bonds. The van der Waals surface area contributed by atoms with E-state index in [1.165, 1.54) is 54.5 Å². The second-order valence-electron chi connectivity index (χ2n) is 7.87. The van der Waals surface area contributed by atoms with Crippen LogP contribution in [0.15, 0.2) is 52.7 Å². The van der Waals surface area contributed by atoms with Crippen molar-refractivity contribution in [3.8, 4) is 17.0 Å². The van der Waals surface area contributed by atoms with Crippen molar-refractivity contribution in [1.29, 1.82) is 0 Å². The van der Waals surface area contributed by atoms with E-state index < -0.39 is 9.84 Å². The molecule has 0 spiro atoms. The molecule has 4 rings (SSSR count). The number of nitrogens with one attached hydrogen (secondary N) is 1. The monoisotopic (exact) mass is 470 g/mol. The van der Waals surface area contributed by atoms with Crippen LogP contribution in [0.5, 0.6) is 5.75 Å². The van der Waals surface area contributed by atoms with E-state index in [4.69, 9.17) is 4.74 Å². The average Bonchev–Trinajstić information content (AvgIpc) is 3.27. The predicted molar refractivity (Wildman–Crippen MR) is 127 cm³/mol. The van der Waals surface area contributed by atoms with Crippen molar-refractivity contribution in [2.45, 2.75) is 43.4 Å². The maximum absolute atomic E-state index is 12.5. The van der Waals surface area contributed by atoms with E-state index in [9.17, 15) is 13.2 Å². The topological polar surface area (TPSA) is 85.4 Å². The number of fused-ring (bicyclic) bond motifs is 1. The lowest BCUT2D eigenvalue weighted by Gasteiger charge is -2.16. The summed E-state index contributed by atoms with van der Waals surface area (Å²) in [5.74, 6) is 0.271. The number of methoxy groups -OCH3 is 1. The highest BCUT2D eigenvalue weighted by molar-refractivity contribution is 7.91. The van der Waals surface area contributed by atoms with Crippen molar-refractivity contribution in [2.75, 3.05) is 18.2 Å². The van der Waals surface area contributed by atoms with E-state index in [1.807, 2.05) is 5.38 Å². The van der Waals surface area contributed by atoms with Gasteiger partial charge in [-0.25, -0.2) is 13.4 Å². The van der Waals surface area contributed by atoms with Gasteiger partial charge >= 0.3 is 0 Å². The Morgan fingerprint density at radius 2 is 1.84 bits per heavy atom. The maximum Gasteiger partial charge on any atom is 0.226 e. The van der Waals surface area contributed by atoms with Crippen LogP contribution in [-0.4, -0.2) is 32.2 Å². The molecule has 1 aromatic heterocycles. The first kappa shape index (κ1) is 22.5. The fourth-order valence-corrected chi connectivity index (χ4v) is 5.91. The highest BCUT2D eigenvalue weighted by Gasteiger charge is 2.16. The van der Waals surface area contributed by atoms with E-state index in [0.29, 0.717) is 10.9 Å². The average molecular weight is 471 g/mol. The zero-order chi connectivity index (χ0) is 22.6. The van der Waals surface area contributed by atoms with Crippen LogP contribution in [0.3, 0.4) is 0 Å². The van der Waals surface area contributed by atoms with Crippen LogP contribution < -0.4 is 10.1 Å². The molecule has 3 aromatic rings. The molecule has 1 N–H and O–H groups in total. The molecule has 0 bridgehead atoms. The van der Waals surface area contributed by atoms with Gasteiger partial charge in [-0.3, -0.25) is 4.79 Å². The molecule has 1 aliphatic carbocycles. The number of carbonyl (C=O) groups excluding carboxylic acids is 1. The minimum atomic E-state index is -3.44. The van der Waals surface area contributed by atoms with E-state index in [0.717, 1.165) is 24.1 Å². The second kappa shape index (κ2) is 9.83.